The molecule has 0 bridgehead atoms. The first kappa shape index (κ1) is 15.0. The number of hydrogen-bond donors (Lipinski definition) is 0. The summed E-state index contributed by atoms with van der Waals surface area (Å²) >= 11 is 0. The third-order valence-electron chi connectivity index (χ3n) is 4.18. The normalized spacial score (nSPS) is 34.8. The van der Waals surface area contributed by atoms with Gasteiger partial charge in [0.2, 0.25) is 0 Å². The molecule has 1 saturated carbocycles. The van der Waals surface area contributed by atoms with Crippen LogP contribution in [0.5, 0.6) is 0 Å². The fourth-order valence-electron chi connectivity index (χ4n) is 3.56. The standard InChI is InChI=1S/C13H26.C2H6/c1-5-8-13-11(6-2)9-10(4)12(13)7-3;1-2/h10-13H,5-9H2,1-4H3;1-2H3. The summed E-state index contributed by atoms with van der Waals surface area (Å²) in [5, 5.41) is 0. The van der Waals surface area contributed by atoms with Crippen molar-refractivity contribution in [1.29, 1.82) is 0 Å². The Hall–Kier alpha value is 0. The Labute approximate surface area is 97.8 Å². The zero-order chi connectivity index (χ0) is 11.8. The zero-order valence-electron chi connectivity index (χ0n) is 11.8. The minimum Gasteiger partial charge on any atom is -0.0683 e. The highest BCUT2D eigenvalue weighted by Gasteiger charge is 2.37. The van der Waals surface area contributed by atoms with Gasteiger partial charge < -0.3 is 0 Å². The molecular formula is C15H32. The van der Waals surface area contributed by atoms with Crippen LogP contribution in [0.2, 0.25) is 0 Å². The monoisotopic (exact) mass is 212 g/mol. The molecule has 15 heavy (non-hydrogen) atoms. The Kier molecular flexibility index (Phi) is 8.19. The molecule has 1 rings (SSSR count). The van der Waals surface area contributed by atoms with E-state index in [0.29, 0.717) is 0 Å². The molecule has 0 aliphatic heterocycles. The Morgan fingerprint density at radius 3 is 1.93 bits per heavy atom. The number of hydrogen-bond acceptors (Lipinski definition) is 0. The van der Waals surface area contributed by atoms with Crippen LogP contribution in [0.1, 0.15) is 73.6 Å². The lowest BCUT2D eigenvalue weighted by molar-refractivity contribution is 0.259. The highest BCUT2D eigenvalue weighted by molar-refractivity contribution is 4.87. The van der Waals surface area contributed by atoms with E-state index in [2.05, 4.69) is 27.7 Å². The lowest BCUT2D eigenvalue weighted by atomic mass is 9.82. The van der Waals surface area contributed by atoms with Crippen molar-refractivity contribution in [2.45, 2.75) is 73.6 Å². The van der Waals surface area contributed by atoms with Crippen LogP contribution in [0.4, 0.5) is 0 Å². The maximum absolute atomic E-state index is 2.46. The van der Waals surface area contributed by atoms with E-state index in [1.165, 1.54) is 32.1 Å². The van der Waals surface area contributed by atoms with E-state index < -0.39 is 0 Å². The molecule has 1 aliphatic rings. The summed E-state index contributed by atoms with van der Waals surface area (Å²) in [5.74, 6) is 4.12. The van der Waals surface area contributed by atoms with Gasteiger partial charge in [0.1, 0.15) is 0 Å². The second-order valence-corrected chi connectivity index (χ2v) is 4.91. The molecule has 0 nitrogen and oxygen atoms in total. The first-order valence-corrected chi connectivity index (χ1v) is 7.24. The van der Waals surface area contributed by atoms with Gasteiger partial charge >= 0.3 is 0 Å². The summed E-state index contributed by atoms with van der Waals surface area (Å²) in [4.78, 5) is 0. The van der Waals surface area contributed by atoms with Crippen LogP contribution in [-0.2, 0) is 0 Å². The van der Waals surface area contributed by atoms with Gasteiger partial charge in [-0.25, -0.2) is 0 Å². The van der Waals surface area contributed by atoms with Gasteiger partial charge in [-0.05, 0) is 30.1 Å². The molecule has 0 aromatic heterocycles. The van der Waals surface area contributed by atoms with Crippen LogP contribution in [0.3, 0.4) is 0 Å². The maximum Gasteiger partial charge on any atom is -0.0355 e. The van der Waals surface area contributed by atoms with Gasteiger partial charge in [0.05, 0.1) is 0 Å². The van der Waals surface area contributed by atoms with E-state index in [-0.39, 0.29) is 0 Å². The van der Waals surface area contributed by atoms with Crippen molar-refractivity contribution in [2.24, 2.45) is 23.7 Å². The molecule has 0 amide bonds. The molecule has 4 atom stereocenters. The van der Waals surface area contributed by atoms with Gasteiger partial charge in [0, 0.05) is 0 Å². The Morgan fingerprint density at radius 2 is 1.53 bits per heavy atom. The van der Waals surface area contributed by atoms with Crippen LogP contribution in [0.15, 0.2) is 0 Å². The van der Waals surface area contributed by atoms with Crippen LogP contribution >= 0.6 is 0 Å². The molecule has 0 heteroatoms. The van der Waals surface area contributed by atoms with Crippen LogP contribution in [0.25, 0.3) is 0 Å². The first-order valence-electron chi connectivity index (χ1n) is 7.24. The minimum absolute atomic E-state index is 0.992. The van der Waals surface area contributed by atoms with Gasteiger partial charge in [0.15, 0.2) is 0 Å². The lowest BCUT2D eigenvalue weighted by Crippen LogP contribution is -2.15. The van der Waals surface area contributed by atoms with Crippen molar-refractivity contribution in [2.75, 3.05) is 0 Å². The highest BCUT2D eigenvalue weighted by atomic mass is 14.4. The van der Waals surface area contributed by atoms with Gasteiger partial charge in [-0.1, -0.05) is 67.2 Å². The summed E-state index contributed by atoms with van der Waals surface area (Å²) in [6.45, 7) is 13.6. The average molecular weight is 212 g/mol. The largest absolute Gasteiger partial charge is 0.0683 e. The third kappa shape index (κ3) is 3.81. The van der Waals surface area contributed by atoms with E-state index in [1.54, 1.807) is 0 Å². The summed E-state index contributed by atoms with van der Waals surface area (Å²) < 4.78 is 0. The molecule has 92 valence electrons. The molecule has 0 saturated heterocycles. The molecule has 4 unspecified atom stereocenters. The molecule has 1 fully saturated rings. The van der Waals surface area contributed by atoms with E-state index in [0.717, 1.165) is 23.7 Å². The van der Waals surface area contributed by atoms with Crippen molar-refractivity contribution in [1.82, 2.24) is 0 Å². The van der Waals surface area contributed by atoms with E-state index in [4.69, 9.17) is 0 Å². The molecular weight excluding hydrogens is 180 g/mol. The molecule has 0 radical (unpaired) electrons. The van der Waals surface area contributed by atoms with E-state index in [9.17, 15) is 0 Å². The lowest BCUT2D eigenvalue weighted by Gasteiger charge is -2.24. The topological polar surface area (TPSA) is 0 Å². The summed E-state index contributed by atoms with van der Waals surface area (Å²) in [6, 6.07) is 0. The molecule has 0 aromatic carbocycles. The first-order chi connectivity index (χ1) is 7.24. The maximum atomic E-state index is 2.46. The quantitative estimate of drug-likeness (QED) is 0.575. The molecule has 0 aromatic rings. The van der Waals surface area contributed by atoms with Crippen molar-refractivity contribution >= 4 is 0 Å². The minimum atomic E-state index is 0.992. The van der Waals surface area contributed by atoms with Crippen molar-refractivity contribution in [3.63, 3.8) is 0 Å². The fourth-order valence-corrected chi connectivity index (χ4v) is 3.56. The molecule has 0 N–H and O–H groups in total. The predicted molar refractivity (Wildman–Crippen MR) is 71.1 cm³/mol. The van der Waals surface area contributed by atoms with Crippen LogP contribution in [0, 0.1) is 23.7 Å². The molecule has 0 heterocycles. The fraction of sp³-hybridized carbons (Fsp3) is 1.00. The van der Waals surface area contributed by atoms with E-state index in [1.807, 2.05) is 13.8 Å². The smallest absolute Gasteiger partial charge is 0.0355 e. The third-order valence-corrected chi connectivity index (χ3v) is 4.18. The van der Waals surface area contributed by atoms with Crippen LogP contribution in [-0.4, -0.2) is 0 Å². The summed E-state index contributed by atoms with van der Waals surface area (Å²) in [7, 11) is 0. The van der Waals surface area contributed by atoms with E-state index >= 15 is 0 Å². The Balaban J connectivity index is 0.000000921. The van der Waals surface area contributed by atoms with Crippen molar-refractivity contribution in [3.05, 3.63) is 0 Å². The van der Waals surface area contributed by atoms with Crippen LogP contribution < -0.4 is 0 Å². The Morgan fingerprint density at radius 1 is 0.933 bits per heavy atom. The molecule has 0 spiro atoms. The SMILES string of the molecule is CC.CCCC1C(CC)CC(C)C1CC. The van der Waals surface area contributed by atoms with Crippen molar-refractivity contribution in [3.8, 4) is 0 Å². The summed E-state index contributed by atoms with van der Waals surface area (Å²) in [5.41, 5.74) is 0. The van der Waals surface area contributed by atoms with Gasteiger partial charge in [0.25, 0.3) is 0 Å². The predicted octanol–water partition coefficient (Wildman–Crippen LogP) is 5.52. The van der Waals surface area contributed by atoms with Crippen molar-refractivity contribution < 1.29 is 0 Å². The zero-order valence-corrected chi connectivity index (χ0v) is 11.8. The average Bonchev–Trinajstić information content (AvgIpc) is 2.58. The second-order valence-electron chi connectivity index (χ2n) is 4.91. The molecule has 1 aliphatic carbocycles. The number of rotatable bonds is 4. The second kappa shape index (κ2) is 8.19. The van der Waals surface area contributed by atoms with Gasteiger partial charge in [-0.2, -0.15) is 0 Å². The summed E-state index contributed by atoms with van der Waals surface area (Å²) in [6.07, 6.45) is 7.17. The Bertz CT molecular complexity index is 139. The van der Waals surface area contributed by atoms with Gasteiger partial charge in [-0.3, -0.25) is 0 Å². The van der Waals surface area contributed by atoms with Gasteiger partial charge in [-0.15, -0.1) is 0 Å². The highest BCUT2D eigenvalue weighted by Crippen LogP contribution is 2.46.